The molecule has 0 heteroatoms. The van der Waals surface area contributed by atoms with Crippen molar-refractivity contribution in [1.29, 1.82) is 0 Å². The van der Waals surface area contributed by atoms with Crippen molar-refractivity contribution >= 4 is 5.57 Å². The molecule has 0 saturated heterocycles. The molecule has 0 nitrogen and oxygen atoms in total. The maximum Gasteiger partial charge on any atom is -0.0184 e. The van der Waals surface area contributed by atoms with Gasteiger partial charge in [0.2, 0.25) is 0 Å². The molecule has 0 amide bonds. The summed E-state index contributed by atoms with van der Waals surface area (Å²) in [5.74, 6) is 0. The van der Waals surface area contributed by atoms with Gasteiger partial charge in [0.15, 0.2) is 0 Å². The van der Waals surface area contributed by atoms with Crippen LogP contribution in [0.25, 0.3) is 16.7 Å². The molecule has 0 bridgehead atoms. The molecule has 4 aromatic carbocycles. The van der Waals surface area contributed by atoms with E-state index in [0.29, 0.717) is 0 Å². The molecule has 0 N–H and O–H groups in total. The zero-order valence-electron chi connectivity index (χ0n) is 23.7. The van der Waals surface area contributed by atoms with E-state index < -0.39 is 0 Å². The van der Waals surface area contributed by atoms with Crippen LogP contribution in [0.1, 0.15) is 61.4 Å². The molecule has 0 aromatic heterocycles. The molecule has 0 fully saturated rings. The molecule has 0 heterocycles. The van der Waals surface area contributed by atoms with E-state index in [1.54, 1.807) is 0 Å². The van der Waals surface area contributed by atoms with Crippen molar-refractivity contribution in [1.82, 2.24) is 0 Å². The summed E-state index contributed by atoms with van der Waals surface area (Å²) in [6.45, 7) is 12.7. The molecule has 4 aromatic rings. The Morgan fingerprint density at radius 3 is 1.54 bits per heavy atom. The second-order valence-electron chi connectivity index (χ2n) is 9.40. The van der Waals surface area contributed by atoms with Crippen LogP contribution >= 0.6 is 0 Å². The van der Waals surface area contributed by atoms with Gasteiger partial charge in [-0.2, -0.15) is 0 Å². The molecule has 0 aliphatic heterocycles. The Morgan fingerprint density at radius 2 is 1.08 bits per heavy atom. The van der Waals surface area contributed by atoms with Crippen LogP contribution < -0.4 is 0 Å². The lowest BCUT2D eigenvalue weighted by atomic mass is 10.0. The second kappa shape index (κ2) is 16.9. The van der Waals surface area contributed by atoms with E-state index in [2.05, 4.69) is 163 Å². The quantitative estimate of drug-likeness (QED) is 0.237. The van der Waals surface area contributed by atoms with Crippen LogP contribution in [0, 0.1) is 20.8 Å². The van der Waals surface area contributed by atoms with Gasteiger partial charge in [-0.25, -0.2) is 0 Å². The summed E-state index contributed by atoms with van der Waals surface area (Å²) in [4.78, 5) is 0. The Bertz CT molecular complexity index is 1170. The highest BCUT2D eigenvalue weighted by Crippen LogP contribution is 2.20. The van der Waals surface area contributed by atoms with E-state index in [1.165, 1.54) is 57.4 Å². The predicted molar refractivity (Wildman–Crippen MR) is 166 cm³/mol. The zero-order chi connectivity index (χ0) is 26.9. The van der Waals surface area contributed by atoms with Crippen LogP contribution in [0.5, 0.6) is 0 Å². The highest BCUT2D eigenvalue weighted by Gasteiger charge is 1.97. The minimum atomic E-state index is 1.08. The summed E-state index contributed by atoms with van der Waals surface area (Å²) in [5.41, 5.74) is 10.6. The Labute approximate surface area is 226 Å². The highest BCUT2D eigenvalue weighted by atomic mass is 14.0. The number of benzene rings is 4. The standard InChI is InChI=1S/C15H16.C14H18.C8H10/c1-2-6-13-9-11-15(12-10-13)14-7-4-3-5-8-14;1-4-6-13(7-5-2)14-10-8-12(3)9-11-14;1-7-3-5-8(2)6-4-7/h3-5,7-12H,2,6H2,1H3;4,6-11H,5H2,1-3H3;3-6H,1-2H3/b;6-4-,13-7+;. The molecule has 0 saturated carbocycles. The molecule has 0 aliphatic carbocycles. The smallest absolute Gasteiger partial charge is 0.0184 e. The first-order valence-corrected chi connectivity index (χ1v) is 13.5. The highest BCUT2D eigenvalue weighted by molar-refractivity contribution is 5.73. The van der Waals surface area contributed by atoms with Crippen molar-refractivity contribution in [3.05, 3.63) is 149 Å². The Morgan fingerprint density at radius 1 is 0.595 bits per heavy atom. The molecule has 192 valence electrons. The van der Waals surface area contributed by atoms with Crippen molar-refractivity contribution in [2.45, 2.75) is 60.8 Å². The molecule has 0 spiro atoms. The number of aryl methyl sites for hydroxylation is 4. The van der Waals surface area contributed by atoms with Crippen LogP contribution in [0.3, 0.4) is 0 Å². The summed E-state index contributed by atoms with van der Waals surface area (Å²) in [6, 6.07) is 36.5. The van der Waals surface area contributed by atoms with Gasteiger partial charge in [-0.1, -0.05) is 158 Å². The lowest BCUT2D eigenvalue weighted by molar-refractivity contribution is 0.922. The van der Waals surface area contributed by atoms with Crippen molar-refractivity contribution in [2.75, 3.05) is 0 Å². The van der Waals surface area contributed by atoms with Gasteiger partial charge < -0.3 is 0 Å². The van der Waals surface area contributed by atoms with E-state index in [4.69, 9.17) is 0 Å². The number of hydrogen-bond acceptors (Lipinski definition) is 0. The van der Waals surface area contributed by atoms with Gasteiger partial charge in [0.1, 0.15) is 0 Å². The monoisotopic (exact) mass is 488 g/mol. The van der Waals surface area contributed by atoms with Crippen molar-refractivity contribution in [3.63, 3.8) is 0 Å². The zero-order valence-corrected chi connectivity index (χ0v) is 23.7. The van der Waals surface area contributed by atoms with Crippen LogP contribution in [-0.4, -0.2) is 0 Å². The van der Waals surface area contributed by atoms with Gasteiger partial charge in [-0.05, 0) is 68.4 Å². The molecular formula is C37H44. The SMILES string of the molecule is C/C=C\C(=C/CC)c1ccc(C)cc1.CCCc1ccc(-c2ccccc2)cc1.Cc1ccc(C)cc1. The number of rotatable bonds is 6. The average molecular weight is 489 g/mol. The molecule has 0 unspecified atom stereocenters. The maximum atomic E-state index is 2.25. The molecule has 0 radical (unpaired) electrons. The van der Waals surface area contributed by atoms with Gasteiger partial charge >= 0.3 is 0 Å². The van der Waals surface area contributed by atoms with Crippen molar-refractivity contribution in [2.24, 2.45) is 0 Å². The van der Waals surface area contributed by atoms with Crippen LogP contribution in [-0.2, 0) is 6.42 Å². The first-order chi connectivity index (χ1) is 18.0. The lowest BCUT2D eigenvalue weighted by Crippen LogP contribution is -1.83. The predicted octanol–water partition coefficient (Wildman–Crippen LogP) is 11.0. The Hall–Kier alpha value is -3.64. The summed E-state index contributed by atoms with van der Waals surface area (Å²) < 4.78 is 0. The first-order valence-electron chi connectivity index (χ1n) is 13.5. The van der Waals surface area contributed by atoms with Gasteiger partial charge in [0.05, 0.1) is 0 Å². The van der Waals surface area contributed by atoms with E-state index in [1.807, 2.05) is 0 Å². The number of allylic oxidation sites excluding steroid dienone is 4. The first kappa shape index (κ1) is 29.6. The molecule has 0 atom stereocenters. The molecule has 4 rings (SSSR count). The summed E-state index contributed by atoms with van der Waals surface area (Å²) >= 11 is 0. The summed E-state index contributed by atoms with van der Waals surface area (Å²) in [5, 5.41) is 0. The Balaban J connectivity index is 0.000000204. The topological polar surface area (TPSA) is 0 Å². The van der Waals surface area contributed by atoms with E-state index in [-0.39, 0.29) is 0 Å². The third-order valence-corrected chi connectivity index (χ3v) is 5.97. The minimum Gasteiger partial charge on any atom is -0.0871 e. The van der Waals surface area contributed by atoms with Crippen molar-refractivity contribution in [3.8, 4) is 11.1 Å². The third kappa shape index (κ3) is 11.3. The van der Waals surface area contributed by atoms with Gasteiger partial charge in [-0.3, -0.25) is 0 Å². The van der Waals surface area contributed by atoms with Crippen LogP contribution in [0.2, 0.25) is 0 Å². The summed E-state index contributed by atoms with van der Waals surface area (Å²) in [7, 11) is 0. The largest absolute Gasteiger partial charge is 0.0871 e. The fourth-order valence-corrected chi connectivity index (χ4v) is 3.85. The van der Waals surface area contributed by atoms with E-state index in [0.717, 1.165) is 6.42 Å². The van der Waals surface area contributed by atoms with Crippen LogP contribution in [0.15, 0.2) is 121 Å². The van der Waals surface area contributed by atoms with E-state index >= 15 is 0 Å². The second-order valence-corrected chi connectivity index (χ2v) is 9.40. The fourth-order valence-electron chi connectivity index (χ4n) is 3.85. The van der Waals surface area contributed by atoms with Gasteiger partial charge in [-0.15, -0.1) is 0 Å². The minimum absolute atomic E-state index is 1.08. The Kier molecular flexibility index (Phi) is 13.5. The van der Waals surface area contributed by atoms with E-state index in [9.17, 15) is 0 Å². The number of hydrogen-bond donors (Lipinski definition) is 0. The summed E-state index contributed by atoms with van der Waals surface area (Å²) in [6.07, 6.45) is 9.97. The van der Waals surface area contributed by atoms with Crippen LogP contribution in [0.4, 0.5) is 0 Å². The van der Waals surface area contributed by atoms with Crippen molar-refractivity contribution < 1.29 is 0 Å². The molecule has 0 aliphatic rings. The third-order valence-electron chi connectivity index (χ3n) is 5.97. The van der Waals surface area contributed by atoms with Gasteiger partial charge in [0.25, 0.3) is 0 Å². The normalized spacial score (nSPS) is 10.8. The fraction of sp³-hybridized carbons (Fsp3) is 0.243. The van der Waals surface area contributed by atoms with Gasteiger partial charge in [0, 0.05) is 0 Å². The molecular weight excluding hydrogens is 444 g/mol. The lowest BCUT2D eigenvalue weighted by Gasteiger charge is -2.03. The average Bonchev–Trinajstić information content (AvgIpc) is 2.93. The maximum absolute atomic E-state index is 2.25. The molecule has 37 heavy (non-hydrogen) atoms.